The molecule has 0 aromatic heterocycles. The Labute approximate surface area is 168 Å². The smallest absolute Gasteiger partial charge is 0.119 e. The van der Waals surface area contributed by atoms with Crippen molar-refractivity contribution in [3.05, 3.63) is 88.5 Å². The van der Waals surface area contributed by atoms with Crippen LogP contribution < -0.4 is 4.74 Å². The third-order valence-electron chi connectivity index (χ3n) is 5.85. The Balaban J connectivity index is 1.74. The van der Waals surface area contributed by atoms with E-state index in [9.17, 15) is 0 Å². The van der Waals surface area contributed by atoms with Crippen molar-refractivity contribution in [1.82, 2.24) is 0 Å². The van der Waals surface area contributed by atoms with Crippen LogP contribution in [0.2, 0.25) is 0 Å². The van der Waals surface area contributed by atoms with Crippen molar-refractivity contribution < 1.29 is 9.47 Å². The van der Waals surface area contributed by atoms with Gasteiger partial charge in [0.2, 0.25) is 0 Å². The number of hydrogen-bond donors (Lipinski definition) is 0. The molecule has 28 heavy (non-hydrogen) atoms. The Hall–Kier alpha value is -2.58. The van der Waals surface area contributed by atoms with E-state index >= 15 is 0 Å². The third-order valence-corrected chi connectivity index (χ3v) is 5.85. The molecular formula is C26H28O2. The van der Waals surface area contributed by atoms with E-state index in [0.717, 1.165) is 12.4 Å². The minimum atomic E-state index is -0.160. The van der Waals surface area contributed by atoms with Crippen molar-refractivity contribution in [3.8, 4) is 16.9 Å². The monoisotopic (exact) mass is 372 g/mol. The summed E-state index contributed by atoms with van der Waals surface area (Å²) in [6.07, 6.45) is 0. The molecule has 1 aliphatic rings. The first-order valence-electron chi connectivity index (χ1n) is 10.1. The van der Waals surface area contributed by atoms with Crippen LogP contribution in [-0.2, 0) is 10.2 Å². The van der Waals surface area contributed by atoms with Gasteiger partial charge in [-0.15, -0.1) is 0 Å². The van der Waals surface area contributed by atoms with E-state index in [1.807, 2.05) is 6.92 Å². The molecule has 144 valence electrons. The molecule has 0 heterocycles. The Morgan fingerprint density at radius 3 is 1.86 bits per heavy atom. The summed E-state index contributed by atoms with van der Waals surface area (Å²) in [6.45, 7) is 10.6. The highest BCUT2D eigenvalue weighted by Crippen LogP contribution is 2.52. The fourth-order valence-corrected chi connectivity index (χ4v) is 4.32. The van der Waals surface area contributed by atoms with Crippen LogP contribution >= 0.6 is 0 Å². The van der Waals surface area contributed by atoms with E-state index in [-0.39, 0.29) is 5.41 Å². The molecule has 0 amide bonds. The van der Waals surface area contributed by atoms with Gasteiger partial charge in [-0.1, -0.05) is 59.7 Å². The molecule has 0 N–H and O–H groups in total. The lowest BCUT2D eigenvalue weighted by Gasteiger charge is -2.29. The maximum atomic E-state index is 5.81. The van der Waals surface area contributed by atoms with Gasteiger partial charge in [-0.25, -0.2) is 0 Å². The van der Waals surface area contributed by atoms with E-state index in [1.165, 1.54) is 38.9 Å². The maximum Gasteiger partial charge on any atom is 0.119 e. The third kappa shape index (κ3) is 3.12. The summed E-state index contributed by atoms with van der Waals surface area (Å²) in [6, 6.07) is 22.2. The lowest BCUT2D eigenvalue weighted by molar-refractivity contribution is 0.110. The first-order chi connectivity index (χ1) is 13.5. The van der Waals surface area contributed by atoms with Crippen molar-refractivity contribution in [3.63, 3.8) is 0 Å². The second-order valence-electron chi connectivity index (χ2n) is 7.79. The summed E-state index contributed by atoms with van der Waals surface area (Å²) in [4.78, 5) is 0. The van der Waals surface area contributed by atoms with E-state index in [1.54, 1.807) is 0 Å². The van der Waals surface area contributed by atoms with Gasteiger partial charge in [0, 0.05) is 12.0 Å². The normalized spacial score (nSPS) is 13.9. The molecule has 0 atom stereocenters. The van der Waals surface area contributed by atoms with Crippen molar-refractivity contribution in [2.24, 2.45) is 0 Å². The first kappa shape index (κ1) is 18.8. The van der Waals surface area contributed by atoms with E-state index in [4.69, 9.17) is 9.47 Å². The van der Waals surface area contributed by atoms with Gasteiger partial charge in [0.05, 0.1) is 6.61 Å². The lowest BCUT2D eigenvalue weighted by Crippen LogP contribution is -2.22. The average molecular weight is 373 g/mol. The van der Waals surface area contributed by atoms with E-state index < -0.39 is 0 Å². The Morgan fingerprint density at radius 1 is 0.750 bits per heavy atom. The summed E-state index contributed by atoms with van der Waals surface area (Å²) >= 11 is 0. The summed E-state index contributed by atoms with van der Waals surface area (Å²) in [5.41, 5.74) is 9.19. The van der Waals surface area contributed by atoms with Crippen LogP contribution in [0.1, 0.15) is 41.7 Å². The van der Waals surface area contributed by atoms with Crippen molar-refractivity contribution in [2.45, 2.75) is 33.1 Å². The highest BCUT2D eigenvalue weighted by molar-refractivity contribution is 5.83. The topological polar surface area (TPSA) is 18.5 Å². The summed E-state index contributed by atoms with van der Waals surface area (Å²) in [5, 5.41) is 0. The van der Waals surface area contributed by atoms with Crippen molar-refractivity contribution in [1.29, 1.82) is 0 Å². The van der Waals surface area contributed by atoms with Gasteiger partial charge in [-0.3, -0.25) is 0 Å². The molecule has 2 nitrogen and oxygen atoms in total. The molecule has 0 saturated carbocycles. The van der Waals surface area contributed by atoms with Crippen LogP contribution in [0.3, 0.4) is 0 Å². The summed E-state index contributed by atoms with van der Waals surface area (Å²) in [7, 11) is 0. The van der Waals surface area contributed by atoms with E-state index in [0.29, 0.717) is 13.2 Å². The van der Waals surface area contributed by atoms with Gasteiger partial charge in [-0.2, -0.15) is 0 Å². The summed E-state index contributed by atoms with van der Waals surface area (Å²) < 4.78 is 11.2. The Morgan fingerprint density at radius 2 is 1.32 bits per heavy atom. The predicted octanol–water partition coefficient (Wildman–Crippen LogP) is 6.05. The highest BCUT2D eigenvalue weighted by Gasteiger charge is 2.40. The Kier molecular flexibility index (Phi) is 4.99. The predicted molar refractivity (Wildman–Crippen MR) is 115 cm³/mol. The van der Waals surface area contributed by atoms with Gasteiger partial charge in [-0.05, 0) is 67.6 Å². The van der Waals surface area contributed by atoms with Crippen LogP contribution in [0.25, 0.3) is 11.1 Å². The minimum Gasteiger partial charge on any atom is -0.491 e. The van der Waals surface area contributed by atoms with Gasteiger partial charge in [0.1, 0.15) is 12.4 Å². The SMILES string of the molecule is CCOCCOc1ccc(C2(C)c3cc(C)ccc3-c3ccc(C)cc32)cc1. The average Bonchev–Trinajstić information content (AvgIpc) is 2.94. The number of ether oxygens (including phenoxy) is 2. The molecule has 1 aliphatic carbocycles. The highest BCUT2D eigenvalue weighted by atomic mass is 16.5. The molecule has 0 radical (unpaired) electrons. The molecule has 0 spiro atoms. The zero-order valence-corrected chi connectivity index (χ0v) is 17.2. The van der Waals surface area contributed by atoms with Crippen LogP contribution in [0.5, 0.6) is 5.75 Å². The number of aryl methyl sites for hydroxylation is 2. The van der Waals surface area contributed by atoms with Crippen LogP contribution in [0.4, 0.5) is 0 Å². The van der Waals surface area contributed by atoms with Gasteiger partial charge >= 0.3 is 0 Å². The minimum absolute atomic E-state index is 0.160. The summed E-state index contributed by atoms with van der Waals surface area (Å²) in [5.74, 6) is 0.888. The molecule has 4 rings (SSSR count). The molecule has 3 aromatic rings. The zero-order valence-electron chi connectivity index (χ0n) is 17.2. The van der Waals surface area contributed by atoms with E-state index in [2.05, 4.69) is 81.4 Å². The van der Waals surface area contributed by atoms with Gasteiger partial charge in [0.25, 0.3) is 0 Å². The number of hydrogen-bond acceptors (Lipinski definition) is 2. The number of rotatable bonds is 6. The van der Waals surface area contributed by atoms with Crippen molar-refractivity contribution in [2.75, 3.05) is 19.8 Å². The van der Waals surface area contributed by atoms with Crippen molar-refractivity contribution >= 4 is 0 Å². The van der Waals surface area contributed by atoms with Gasteiger partial charge < -0.3 is 9.47 Å². The molecule has 0 saturated heterocycles. The molecule has 0 bridgehead atoms. The standard InChI is InChI=1S/C26H28O2/c1-5-27-14-15-28-21-10-8-20(9-11-21)26(4)24-16-18(2)6-12-22(24)23-13-7-19(3)17-25(23)26/h6-13,16-17H,5,14-15H2,1-4H3. The van der Waals surface area contributed by atoms with Gasteiger partial charge in [0.15, 0.2) is 0 Å². The largest absolute Gasteiger partial charge is 0.491 e. The van der Waals surface area contributed by atoms with Crippen LogP contribution in [0, 0.1) is 13.8 Å². The molecule has 0 aliphatic heterocycles. The molecule has 0 unspecified atom stereocenters. The second-order valence-corrected chi connectivity index (χ2v) is 7.79. The maximum absolute atomic E-state index is 5.81. The lowest BCUT2D eigenvalue weighted by atomic mass is 9.74. The number of fused-ring (bicyclic) bond motifs is 3. The molecule has 3 aromatic carbocycles. The fourth-order valence-electron chi connectivity index (χ4n) is 4.32. The van der Waals surface area contributed by atoms with Crippen LogP contribution in [-0.4, -0.2) is 19.8 Å². The zero-order chi connectivity index (χ0) is 19.7. The quantitative estimate of drug-likeness (QED) is 0.490. The first-order valence-corrected chi connectivity index (χ1v) is 10.1. The fraction of sp³-hybridized carbons (Fsp3) is 0.308. The number of benzene rings is 3. The second kappa shape index (κ2) is 7.44. The molecule has 0 fully saturated rings. The molecule has 2 heteroatoms. The van der Waals surface area contributed by atoms with Crippen LogP contribution in [0.15, 0.2) is 60.7 Å². The Bertz CT molecular complexity index is 934. The molecular weight excluding hydrogens is 344 g/mol.